The van der Waals surface area contributed by atoms with E-state index in [1.165, 1.54) is 0 Å². The number of fused-ring (bicyclic) bond motifs is 1. The lowest BCUT2D eigenvalue weighted by molar-refractivity contribution is -0.123. The van der Waals surface area contributed by atoms with Crippen molar-refractivity contribution in [1.82, 2.24) is 35.9 Å². The van der Waals surface area contributed by atoms with Gasteiger partial charge in [0.25, 0.3) is 5.91 Å². The molecule has 3 rings (SSSR count). The van der Waals surface area contributed by atoms with E-state index in [9.17, 15) is 14.4 Å². The number of anilines is 3. The molecule has 2 heterocycles. The summed E-state index contributed by atoms with van der Waals surface area (Å²) in [6, 6.07) is 6.09. The van der Waals surface area contributed by atoms with Crippen LogP contribution in [-0.4, -0.2) is 63.8 Å². The molecule has 1 aromatic carbocycles. The normalized spacial score (nSPS) is 11.5. The lowest BCUT2D eigenvalue weighted by atomic mass is 10.1. The number of nitrogen functional groups attached to an aromatic ring is 2. The average Bonchev–Trinajstić information content (AvgIpc) is 2.87. The molecule has 13 nitrogen and oxygen atoms in total. The maximum Gasteiger partial charge on any atom is 0.251 e. The molecule has 3 aromatic rings. The molecule has 0 aliphatic heterocycles. The van der Waals surface area contributed by atoms with E-state index in [4.69, 9.17) is 11.5 Å². The molecule has 0 saturated carbocycles. The fourth-order valence-electron chi connectivity index (χ4n) is 3.63. The summed E-state index contributed by atoms with van der Waals surface area (Å²) in [4.78, 5) is 55.7. The molecule has 2 aromatic heterocycles. The van der Waals surface area contributed by atoms with Gasteiger partial charge in [0.1, 0.15) is 6.04 Å². The smallest absolute Gasteiger partial charge is 0.251 e. The maximum absolute atomic E-state index is 12.8. The zero-order chi connectivity index (χ0) is 26.9. The third-order valence-electron chi connectivity index (χ3n) is 5.48. The van der Waals surface area contributed by atoms with Crippen molar-refractivity contribution in [2.45, 2.75) is 39.3 Å². The summed E-state index contributed by atoms with van der Waals surface area (Å²) in [7, 11) is 1.87. The Morgan fingerprint density at radius 3 is 2.38 bits per heavy atom. The van der Waals surface area contributed by atoms with E-state index in [2.05, 4.69) is 35.9 Å². The van der Waals surface area contributed by atoms with Crippen LogP contribution < -0.4 is 32.3 Å². The van der Waals surface area contributed by atoms with Crippen molar-refractivity contribution < 1.29 is 14.4 Å². The molecule has 1 unspecified atom stereocenters. The van der Waals surface area contributed by atoms with Crippen molar-refractivity contribution >= 4 is 46.3 Å². The van der Waals surface area contributed by atoms with Crippen LogP contribution in [0.25, 0.3) is 11.2 Å². The lowest BCUT2D eigenvalue weighted by Crippen LogP contribution is -2.47. The van der Waals surface area contributed by atoms with Gasteiger partial charge in [-0.25, -0.2) is 9.97 Å². The molecule has 3 amide bonds. The number of nitrogens with two attached hydrogens (primary N) is 2. The summed E-state index contributed by atoms with van der Waals surface area (Å²) in [6.07, 6.45) is 1.91. The van der Waals surface area contributed by atoms with Gasteiger partial charge in [-0.15, -0.1) is 0 Å². The van der Waals surface area contributed by atoms with Crippen LogP contribution in [0.3, 0.4) is 0 Å². The highest BCUT2D eigenvalue weighted by molar-refractivity contribution is 5.98. The Balaban J connectivity index is 1.66. The number of hydrogen-bond donors (Lipinski definition) is 5. The first-order valence-electron chi connectivity index (χ1n) is 11.9. The molecule has 0 radical (unpaired) electrons. The van der Waals surface area contributed by atoms with Crippen molar-refractivity contribution in [3.8, 4) is 0 Å². The zero-order valence-corrected chi connectivity index (χ0v) is 21.1. The van der Waals surface area contributed by atoms with Crippen LogP contribution in [0.5, 0.6) is 0 Å². The van der Waals surface area contributed by atoms with Crippen LogP contribution >= 0.6 is 0 Å². The van der Waals surface area contributed by atoms with Crippen molar-refractivity contribution in [2.24, 2.45) is 0 Å². The summed E-state index contributed by atoms with van der Waals surface area (Å²) in [6.45, 7) is 4.94. The molecule has 37 heavy (non-hydrogen) atoms. The van der Waals surface area contributed by atoms with Crippen molar-refractivity contribution in [2.75, 3.05) is 36.5 Å². The molecule has 0 saturated heterocycles. The topological polar surface area (TPSA) is 194 Å². The second-order valence-electron chi connectivity index (χ2n) is 8.32. The van der Waals surface area contributed by atoms with Gasteiger partial charge in [-0.1, -0.05) is 0 Å². The molecular formula is C24H32N10O3. The van der Waals surface area contributed by atoms with E-state index in [1.807, 2.05) is 18.9 Å². The molecule has 0 bridgehead atoms. The number of rotatable bonds is 11. The second-order valence-corrected chi connectivity index (χ2v) is 8.32. The monoisotopic (exact) mass is 508 g/mol. The van der Waals surface area contributed by atoms with Gasteiger partial charge < -0.3 is 32.3 Å². The Labute approximate surface area is 214 Å². The van der Waals surface area contributed by atoms with Crippen LogP contribution in [0.2, 0.25) is 0 Å². The fourth-order valence-corrected chi connectivity index (χ4v) is 3.63. The minimum atomic E-state index is -0.823. The Kier molecular flexibility index (Phi) is 9.08. The molecule has 0 aliphatic rings. The third kappa shape index (κ3) is 7.22. The van der Waals surface area contributed by atoms with Gasteiger partial charge >= 0.3 is 0 Å². The predicted molar refractivity (Wildman–Crippen MR) is 140 cm³/mol. The standard InChI is InChI=1S/C24H32N10O3/c1-4-27-18(35)11-10-17(23(37)28-5-2)31-22(36)14-6-8-16(9-7-14)34(3)13-15-12-29-21-19(30-15)20(25)32-24(26)33-21/h6-9,12,17H,4-5,10-11,13H2,1-3H3,(H,27,35)(H,28,37)(H,31,36)(H4,25,26,29,32,33). The number of nitrogens with zero attached hydrogens (tertiary/aromatic N) is 5. The van der Waals surface area contributed by atoms with Crippen LogP contribution in [0.1, 0.15) is 42.7 Å². The largest absolute Gasteiger partial charge is 0.382 e. The number of aromatic nitrogens is 4. The highest BCUT2D eigenvalue weighted by Crippen LogP contribution is 2.19. The van der Waals surface area contributed by atoms with Gasteiger partial charge in [0.05, 0.1) is 18.4 Å². The maximum atomic E-state index is 12.8. The number of hydrogen-bond acceptors (Lipinski definition) is 10. The van der Waals surface area contributed by atoms with Crippen molar-refractivity contribution in [3.63, 3.8) is 0 Å². The molecule has 0 aliphatic carbocycles. The van der Waals surface area contributed by atoms with E-state index in [-0.39, 0.29) is 36.4 Å². The Morgan fingerprint density at radius 1 is 1.00 bits per heavy atom. The number of benzene rings is 1. The van der Waals surface area contributed by atoms with Crippen LogP contribution in [0.15, 0.2) is 30.5 Å². The number of amides is 3. The fraction of sp³-hybridized carbons (Fsp3) is 0.375. The quantitative estimate of drug-likeness (QED) is 0.241. The number of carbonyl (C=O) groups is 3. The second kappa shape index (κ2) is 12.4. The van der Waals surface area contributed by atoms with E-state index < -0.39 is 11.9 Å². The third-order valence-corrected chi connectivity index (χ3v) is 5.48. The Bertz CT molecular complexity index is 1270. The van der Waals surface area contributed by atoms with Crippen LogP contribution in [0.4, 0.5) is 17.5 Å². The number of nitrogens with one attached hydrogen (secondary N) is 3. The van der Waals surface area contributed by atoms with E-state index >= 15 is 0 Å². The number of likely N-dealkylation sites (N-methyl/N-ethyl adjacent to an activating group) is 1. The van der Waals surface area contributed by atoms with Crippen LogP contribution in [-0.2, 0) is 16.1 Å². The Hall–Kier alpha value is -4.55. The molecule has 7 N–H and O–H groups in total. The molecule has 0 spiro atoms. The minimum absolute atomic E-state index is 0.0348. The van der Waals surface area contributed by atoms with E-state index in [0.717, 1.165) is 5.69 Å². The summed E-state index contributed by atoms with van der Waals surface area (Å²) in [5.74, 6) is -0.716. The van der Waals surface area contributed by atoms with Crippen molar-refractivity contribution in [3.05, 3.63) is 41.7 Å². The SMILES string of the molecule is CCNC(=O)CCC(NC(=O)c1ccc(N(C)Cc2cnc3nc(N)nc(N)c3n2)cc1)C(=O)NCC. The van der Waals surface area contributed by atoms with Gasteiger partial charge in [-0.2, -0.15) is 9.97 Å². The molecule has 196 valence electrons. The summed E-state index contributed by atoms with van der Waals surface area (Å²) in [5.41, 5.74) is 14.1. The minimum Gasteiger partial charge on any atom is -0.382 e. The van der Waals surface area contributed by atoms with Gasteiger partial charge in [-0.3, -0.25) is 14.4 Å². The Morgan fingerprint density at radius 2 is 1.70 bits per heavy atom. The van der Waals surface area contributed by atoms with Gasteiger partial charge in [0.2, 0.25) is 17.8 Å². The first kappa shape index (κ1) is 27.0. The van der Waals surface area contributed by atoms with E-state index in [0.29, 0.717) is 42.1 Å². The lowest BCUT2D eigenvalue weighted by Gasteiger charge is -2.20. The highest BCUT2D eigenvalue weighted by Gasteiger charge is 2.22. The molecule has 0 fully saturated rings. The molecule has 13 heteroatoms. The molecule has 1 atom stereocenters. The first-order valence-corrected chi connectivity index (χ1v) is 11.9. The highest BCUT2D eigenvalue weighted by atomic mass is 16.2. The number of carbonyl (C=O) groups excluding carboxylic acids is 3. The summed E-state index contributed by atoms with van der Waals surface area (Å²) in [5, 5.41) is 8.12. The van der Waals surface area contributed by atoms with Gasteiger partial charge in [-0.05, 0) is 44.5 Å². The van der Waals surface area contributed by atoms with Crippen molar-refractivity contribution in [1.29, 1.82) is 0 Å². The first-order chi connectivity index (χ1) is 17.7. The summed E-state index contributed by atoms with van der Waals surface area (Å²) < 4.78 is 0. The average molecular weight is 509 g/mol. The van der Waals surface area contributed by atoms with E-state index in [1.54, 1.807) is 37.4 Å². The summed E-state index contributed by atoms with van der Waals surface area (Å²) >= 11 is 0. The van der Waals surface area contributed by atoms with Gasteiger partial charge in [0, 0.05) is 37.8 Å². The zero-order valence-electron chi connectivity index (χ0n) is 21.1. The van der Waals surface area contributed by atoms with Crippen LogP contribution in [0, 0.1) is 0 Å². The van der Waals surface area contributed by atoms with Gasteiger partial charge in [0.15, 0.2) is 17.0 Å². The predicted octanol–water partition coefficient (Wildman–Crippen LogP) is 0.371. The molecular weight excluding hydrogens is 476 g/mol.